The van der Waals surface area contributed by atoms with Crippen molar-refractivity contribution in [2.75, 3.05) is 0 Å². The van der Waals surface area contributed by atoms with E-state index in [9.17, 15) is 8.42 Å². The van der Waals surface area contributed by atoms with Crippen LogP contribution in [0, 0.1) is 0 Å². The zero-order valence-corrected chi connectivity index (χ0v) is 6.92. The minimum atomic E-state index is -2.84. The molecule has 0 fully saturated rings. The Morgan fingerprint density at radius 3 is 1.55 bits per heavy atom. The van der Waals surface area contributed by atoms with Crippen molar-refractivity contribution in [2.24, 2.45) is 0 Å². The summed E-state index contributed by atoms with van der Waals surface area (Å²) in [5.41, 5.74) is 0. The number of hydrogen-bond acceptors (Lipinski definition) is 2. The number of sulfone groups is 1. The van der Waals surface area contributed by atoms with Gasteiger partial charge in [0, 0.05) is 0 Å². The van der Waals surface area contributed by atoms with Crippen LogP contribution in [0.3, 0.4) is 0 Å². The SMILES string of the molecule is O=S(=O)(C1C=CC1)C1C=CC1. The first kappa shape index (κ1) is 7.10. The number of hydrogen-bond donors (Lipinski definition) is 0. The van der Waals surface area contributed by atoms with E-state index < -0.39 is 9.84 Å². The highest BCUT2D eigenvalue weighted by Gasteiger charge is 2.34. The van der Waals surface area contributed by atoms with E-state index >= 15 is 0 Å². The Bertz CT molecular complexity index is 285. The second kappa shape index (κ2) is 2.21. The van der Waals surface area contributed by atoms with E-state index in [1.807, 2.05) is 12.2 Å². The van der Waals surface area contributed by atoms with Crippen molar-refractivity contribution in [1.29, 1.82) is 0 Å². The molecule has 0 aliphatic heterocycles. The zero-order chi connectivity index (χ0) is 7.90. The van der Waals surface area contributed by atoms with Gasteiger partial charge < -0.3 is 0 Å². The maximum absolute atomic E-state index is 11.5. The summed E-state index contributed by atoms with van der Waals surface area (Å²) in [6.07, 6.45) is 8.80. The Balaban J connectivity index is 2.21. The quantitative estimate of drug-likeness (QED) is 0.581. The maximum Gasteiger partial charge on any atom is 0.163 e. The molecule has 2 nitrogen and oxygen atoms in total. The third kappa shape index (κ3) is 0.948. The van der Waals surface area contributed by atoms with Crippen molar-refractivity contribution >= 4 is 9.84 Å². The molecule has 0 heterocycles. The molecule has 2 atom stereocenters. The van der Waals surface area contributed by atoms with Gasteiger partial charge in [-0.15, -0.1) is 0 Å². The third-order valence-electron chi connectivity index (χ3n) is 2.28. The highest BCUT2D eigenvalue weighted by Crippen LogP contribution is 2.27. The van der Waals surface area contributed by atoms with E-state index in [1.54, 1.807) is 12.2 Å². The molecule has 0 bridgehead atoms. The van der Waals surface area contributed by atoms with Crippen LogP contribution >= 0.6 is 0 Å². The fourth-order valence-electron chi connectivity index (χ4n) is 1.21. The van der Waals surface area contributed by atoms with Crippen LogP contribution in [0.5, 0.6) is 0 Å². The van der Waals surface area contributed by atoms with Crippen LogP contribution in [0.25, 0.3) is 0 Å². The van der Waals surface area contributed by atoms with Crippen molar-refractivity contribution in [3.63, 3.8) is 0 Å². The molecule has 3 heteroatoms. The van der Waals surface area contributed by atoms with Gasteiger partial charge in [-0.25, -0.2) is 8.42 Å². The summed E-state index contributed by atoms with van der Waals surface area (Å²) in [7, 11) is -2.84. The van der Waals surface area contributed by atoms with E-state index in [0.717, 1.165) is 0 Å². The Labute approximate surface area is 66.5 Å². The van der Waals surface area contributed by atoms with Crippen LogP contribution in [0.2, 0.25) is 0 Å². The van der Waals surface area contributed by atoms with Gasteiger partial charge in [-0.05, 0) is 12.8 Å². The highest BCUT2D eigenvalue weighted by atomic mass is 32.2. The van der Waals surface area contributed by atoms with E-state index in [4.69, 9.17) is 0 Å². The molecule has 2 rings (SSSR count). The molecule has 0 radical (unpaired) electrons. The Morgan fingerprint density at radius 2 is 1.36 bits per heavy atom. The molecule has 0 aromatic heterocycles. The number of allylic oxidation sites excluding steroid dienone is 2. The lowest BCUT2D eigenvalue weighted by molar-refractivity contribution is 0.574. The molecule has 0 N–H and O–H groups in total. The van der Waals surface area contributed by atoms with Gasteiger partial charge in [0.1, 0.15) is 0 Å². The lowest BCUT2D eigenvalue weighted by atomic mass is 10.1. The molecule has 0 aromatic carbocycles. The van der Waals surface area contributed by atoms with Gasteiger partial charge in [-0.2, -0.15) is 0 Å². The lowest BCUT2D eigenvalue weighted by Gasteiger charge is -2.25. The van der Waals surface area contributed by atoms with Gasteiger partial charge in [-0.3, -0.25) is 0 Å². The fraction of sp³-hybridized carbons (Fsp3) is 0.500. The van der Waals surface area contributed by atoms with Crippen molar-refractivity contribution in [3.8, 4) is 0 Å². The molecule has 60 valence electrons. The molecule has 0 saturated carbocycles. The minimum Gasteiger partial charge on any atom is -0.228 e. The summed E-state index contributed by atoms with van der Waals surface area (Å²) in [4.78, 5) is 0. The summed E-state index contributed by atoms with van der Waals surface area (Å²) in [5, 5.41) is -0.366. The van der Waals surface area contributed by atoms with Gasteiger partial charge in [0.15, 0.2) is 9.84 Å². The highest BCUT2D eigenvalue weighted by molar-refractivity contribution is 7.93. The monoisotopic (exact) mass is 170 g/mol. The van der Waals surface area contributed by atoms with Crippen LogP contribution in [0.15, 0.2) is 24.3 Å². The summed E-state index contributed by atoms with van der Waals surface area (Å²) in [6, 6.07) is 0. The Hall–Kier alpha value is -0.570. The Morgan fingerprint density at radius 1 is 1.00 bits per heavy atom. The first-order chi connectivity index (χ1) is 5.21. The molecule has 0 aromatic rings. The Kier molecular flexibility index (Phi) is 1.42. The average Bonchev–Trinajstić information content (AvgIpc) is 1.46. The first-order valence-corrected chi connectivity index (χ1v) is 5.38. The predicted octanol–water partition coefficient (Wildman–Crippen LogP) is 1.06. The summed E-state index contributed by atoms with van der Waals surface area (Å²) < 4.78 is 23.0. The summed E-state index contributed by atoms with van der Waals surface area (Å²) in [6.45, 7) is 0. The molecule has 2 aliphatic carbocycles. The third-order valence-corrected chi connectivity index (χ3v) is 4.67. The zero-order valence-electron chi connectivity index (χ0n) is 6.10. The van der Waals surface area contributed by atoms with Crippen LogP contribution in [0.4, 0.5) is 0 Å². The normalized spacial score (nSPS) is 34.5. The van der Waals surface area contributed by atoms with Crippen molar-refractivity contribution in [3.05, 3.63) is 24.3 Å². The van der Waals surface area contributed by atoms with E-state index in [1.165, 1.54) is 0 Å². The smallest absolute Gasteiger partial charge is 0.163 e. The standard InChI is InChI=1S/C8H10O2S/c9-11(10,7-3-1-4-7)8-5-2-6-8/h1-3,5,7-8H,4,6H2. The van der Waals surface area contributed by atoms with Gasteiger partial charge >= 0.3 is 0 Å². The van der Waals surface area contributed by atoms with Gasteiger partial charge in [0.2, 0.25) is 0 Å². The second-order valence-electron chi connectivity index (χ2n) is 2.99. The van der Waals surface area contributed by atoms with Crippen molar-refractivity contribution < 1.29 is 8.42 Å². The molecule has 0 saturated heterocycles. The predicted molar refractivity (Wildman–Crippen MR) is 44.0 cm³/mol. The van der Waals surface area contributed by atoms with Crippen LogP contribution in [0.1, 0.15) is 12.8 Å². The molecule has 0 amide bonds. The molecule has 0 spiro atoms. The van der Waals surface area contributed by atoms with Crippen LogP contribution in [-0.2, 0) is 9.84 Å². The molecule has 2 unspecified atom stereocenters. The van der Waals surface area contributed by atoms with Crippen molar-refractivity contribution in [1.82, 2.24) is 0 Å². The van der Waals surface area contributed by atoms with Gasteiger partial charge in [0.25, 0.3) is 0 Å². The first-order valence-electron chi connectivity index (χ1n) is 3.77. The summed E-state index contributed by atoms with van der Waals surface area (Å²) in [5.74, 6) is 0. The maximum atomic E-state index is 11.5. The minimum absolute atomic E-state index is 0.183. The largest absolute Gasteiger partial charge is 0.228 e. The average molecular weight is 170 g/mol. The molecular weight excluding hydrogens is 160 g/mol. The van der Waals surface area contributed by atoms with E-state index in [-0.39, 0.29) is 10.5 Å². The second-order valence-corrected chi connectivity index (χ2v) is 5.38. The fourth-order valence-corrected chi connectivity index (χ4v) is 3.07. The van der Waals surface area contributed by atoms with Gasteiger partial charge in [0.05, 0.1) is 10.5 Å². The van der Waals surface area contributed by atoms with Crippen molar-refractivity contribution in [2.45, 2.75) is 23.3 Å². The summed E-state index contributed by atoms with van der Waals surface area (Å²) >= 11 is 0. The number of rotatable bonds is 2. The molecule has 2 aliphatic rings. The van der Waals surface area contributed by atoms with E-state index in [2.05, 4.69) is 0 Å². The topological polar surface area (TPSA) is 34.1 Å². The van der Waals surface area contributed by atoms with E-state index in [0.29, 0.717) is 12.8 Å². The van der Waals surface area contributed by atoms with Crippen LogP contribution in [-0.4, -0.2) is 18.9 Å². The lowest BCUT2D eigenvalue weighted by Crippen LogP contribution is -2.34. The molecule has 11 heavy (non-hydrogen) atoms. The molecular formula is C8H10O2S. The van der Waals surface area contributed by atoms with Gasteiger partial charge in [-0.1, -0.05) is 24.3 Å². The van der Waals surface area contributed by atoms with Crippen LogP contribution < -0.4 is 0 Å².